The van der Waals surface area contributed by atoms with Gasteiger partial charge in [-0.2, -0.15) is 0 Å². The van der Waals surface area contributed by atoms with Crippen molar-refractivity contribution in [2.45, 2.75) is 33.0 Å². The van der Waals surface area contributed by atoms with E-state index in [-0.39, 0.29) is 0 Å². The van der Waals surface area contributed by atoms with Gasteiger partial charge in [-0.3, -0.25) is 4.99 Å². The SMILES string of the molecule is CC=NCC[Si](C)(C)OCC. The molecule has 0 aromatic rings. The van der Waals surface area contributed by atoms with Crippen LogP contribution in [-0.2, 0) is 4.43 Å². The smallest absolute Gasteiger partial charge is 0.188 e. The normalized spacial score (nSPS) is 12.7. The molecule has 3 heteroatoms. The quantitative estimate of drug-likeness (QED) is 0.462. The van der Waals surface area contributed by atoms with Gasteiger partial charge in [0.2, 0.25) is 0 Å². The van der Waals surface area contributed by atoms with E-state index in [1.54, 1.807) is 0 Å². The molecule has 0 amide bonds. The van der Waals surface area contributed by atoms with Crippen LogP contribution in [0.15, 0.2) is 4.99 Å². The largest absolute Gasteiger partial charge is 0.418 e. The average Bonchev–Trinajstić information content (AvgIpc) is 1.87. The van der Waals surface area contributed by atoms with Gasteiger partial charge < -0.3 is 4.43 Å². The van der Waals surface area contributed by atoms with Gasteiger partial charge in [0.15, 0.2) is 8.32 Å². The van der Waals surface area contributed by atoms with E-state index in [9.17, 15) is 0 Å². The van der Waals surface area contributed by atoms with Crippen molar-refractivity contribution < 1.29 is 4.43 Å². The van der Waals surface area contributed by atoms with Crippen molar-refractivity contribution >= 4 is 14.5 Å². The molecule has 0 fully saturated rings. The second-order valence-corrected chi connectivity index (χ2v) is 7.42. The molecule has 0 bridgehead atoms. The van der Waals surface area contributed by atoms with Crippen LogP contribution < -0.4 is 0 Å². The summed E-state index contributed by atoms with van der Waals surface area (Å²) < 4.78 is 5.64. The van der Waals surface area contributed by atoms with Crippen LogP contribution in [0.5, 0.6) is 0 Å². The standard InChI is InChI=1S/C8H19NOSi/c1-5-9-7-8-11(3,4)10-6-2/h5H,6-8H2,1-4H3. The maximum Gasteiger partial charge on any atom is 0.188 e. The predicted molar refractivity (Wildman–Crippen MR) is 52.9 cm³/mol. The molecular formula is C8H19NOSi. The topological polar surface area (TPSA) is 21.6 Å². The monoisotopic (exact) mass is 173 g/mol. The minimum Gasteiger partial charge on any atom is -0.418 e. The first-order valence-corrected chi connectivity index (χ1v) is 7.32. The zero-order valence-corrected chi connectivity index (χ0v) is 9.05. The van der Waals surface area contributed by atoms with Crippen LogP contribution in [0.1, 0.15) is 13.8 Å². The van der Waals surface area contributed by atoms with E-state index in [1.165, 1.54) is 0 Å². The van der Waals surface area contributed by atoms with Crippen molar-refractivity contribution in [1.82, 2.24) is 0 Å². The van der Waals surface area contributed by atoms with Gasteiger partial charge in [-0.15, -0.1) is 0 Å². The van der Waals surface area contributed by atoms with Crippen LogP contribution in [0, 0.1) is 0 Å². The van der Waals surface area contributed by atoms with Crippen molar-refractivity contribution in [3.8, 4) is 0 Å². The van der Waals surface area contributed by atoms with Crippen LogP contribution in [0.2, 0.25) is 19.1 Å². The van der Waals surface area contributed by atoms with Gasteiger partial charge in [-0.25, -0.2) is 0 Å². The minimum atomic E-state index is -1.35. The number of hydrogen-bond acceptors (Lipinski definition) is 2. The zero-order valence-electron chi connectivity index (χ0n) is 8.05. The maximum atomic E-state index is 5.64. The third-order valence-electron chi connectivity index (χ3n) is 1.56. The van der Waals surface area contributed by atoms with Gasteiger partial charge in [0, 0.05) is 13.2 Å². The molecule has 0 aliphatic heterocycles. The molecule has 0 heterocycles. The summed E-state index contributed by atoms with van der Waals surface area (Å²) >= 11 is 0. The Balaban J connectivity index is 3.54. The summed E-state index contributed by atoms with van der Waals surface area (Å²) in [5.74, 6) is 0. The summed E-state index contributed by atoms with van der Waals surface area (Å²) in [6, 6.07) is 1.13. The van der Waals surface area contributed by atoms with Gasteiger partial charge >= 0.3 is 0 Å². The van der Waals surface area contributed by atoms with Crippen molar-refractivity contribution in [2.24, 2.45) is 4.99 Å². The van der Waals surface area contributed by atoms with Gasteiger partial charge in [0.05, 0.1) is 0 Å². The van der Waals surface area contributed by atoms with Crippen molar-refractivity contribution in [3.63, 3.8) is 0 Å². The van der Waals surface area contributed by atoms with E-state index in [0.717, 1.165) is 19.2 Å². The molecule has 0 atom stereocenters. The highest BCUT2D eigenvalue weighted by Gasteiger charge is 2.20. The van der Waals surface area contributed by atoms with Crippen LogP contribution in [0.3, 0.4) is 0 Å². The second-order valence-electron chi connectivity index (χ2n) is 3.11. The maximum absolute atomic E-state index is 5.64. The van der Waals surface area contributed by atoms with E-state index < -0.39 is 8.32 Å². The predicted octanol–water partition coefficient (Wildman–Crippen LogP) is 2.32. The van der Waals surface area contributed by atoms with Crippen LogP contribution in [0.4, 0.5) is 0 Å². The molecule has 0 N–H and O–H groups in total. The number of nitrogens with zero attached hydrogens (tertiary/aromatic N) is 1. The van der Waals surface area contributed by atoms with Crippen molar-refractivity contribution in [3.05, 3.63) is 0 Å². The molecule has 0 saturated carbocycles. The summed E-state index contributed by atoms with van der Waals surface area (Å²) in [4.78, 5) is 4.17. The first kappa shape index (κ1) is 10.8. The molecule has 2 nitrogen and oxygen atoms in total. The molecule has 66 valence electrons. The van der Waals surface area contributed by atoms with Gasteiger partial charge in [0.1, 0.15) is 0 Å². The summed E-state index contributed by atoms with van der Waals surface area (Å²) in [6.07, 6.45) is 1.86. The Labute approximate surface area is 70.8 Å². The average molecular weight is 173 g/mol. The molecule has 0 unspecified atom stereocenters. The van der Waals surface area contributed by atoms with Gasteiger partial charge in [0.25, 0.3) is 0 Å². The first-order chi connectivity index (χ1) is 5.12. The third-order valence-corrected chi connectivity index (χ3v) is 4.06. The van der Waals surface area contributed by atoms with Gasteiger partial charge in [-0.1, -0.05) is 0 Å². The zero-order chi connectivity index (χ0) is 8.74. The molecule has 0 radical (unpaired) electrons. The highest BCUT2D eigenvalue weighted by atomic mass is 28.4. The van der Waals surface area contributed by atoms with Crippen molar-refractivity contribution in [1.29, 1.82) is 0 Å². The molecule has 0 aromatic heterocycles. The Morgan fingerprint density at radius 1 is 1.45 bits per heavy atom. The number of hydrogen-bond donors (Lipinski definition) is 0. The van der Waals surface area contributed by atoms with Crippen LogP contribution in [-0.4, -0.2) is 27.7 Å². The Bertz CT molecular complexity index is 123. The minimum absolute atomic E-state index is 0.842. The van der Waals surface area contributed by atoms with E-state index in [0.29, 0.717) is 0 Å². The number of aliphatic imine (C=N–C) groups is 1. The molecule has 0 aromatic carbocycles. The molecule has 0 saturated heterocycles. The molecule has 0 aliphatic rings. The van der Waals surface area contributed by atoms with Gasteiger partial charge in [-0.05, 0) is 39.2 Å². The summed E-state index contributed by atoms with van der Waals surface area (Å²) in [5, 5.41) is 0. The Kier molecular flexibility index (Phi) is 5.41. The lowest BCUT2D eigenvalue weighted by atomic mass is 10.7. The summed E-state index contributed by atoms with van der Waals surface area (Å²) in [5.41, 5.74) is 0. The van der Waals surface area contributed by atoms with Crippen LogP contribution in [0.25, 0.3) is 0 Å². The fourth-order valence-electron chi connectivity index (χ4n) is 0.926. The van der Waals surface area contributed by atoms with Crippen molar-refractivity contribution in [2.75, 3.05) is 13.2 Å². The Morgan fingerprint density at radius 2 is 2.09 bits per heavy atom. The Hall–Kier alpha value is -0.153. The molecular weight excluding hydrogens is 154 g/mol. The highest BCUT2D eigenvalue weighted by Crippen LogP contribution is 2.10. The summed E-state index contributed by atoms with van der Waals surface area (Å²) in [6.45, 7) is 10.3. The molecule has 0 spiro atoms. The lowest BCUT2D eigenvalue weighted by Crippen LogP contribution is -2.30. The molecule has 11 heavy (non-hydrogen) atoms. The fourth-order valence-corrected chi connectivity index (χ4v) is 2.52. The molecule has 0 aliphatic carbocycles. The second kappa shape index (κ2) is 5.49. The van der Waals surface area contributed by atoms with Crippen LogP contribution >= 0.6 is 0 Å². The first-order valence-electron chi connectivity index (χ1n) is 4.21. The molecule has 0 rings (SSSR count). The highest BCUT2D eigenvalue weighted by molar-refractivity contribution is 6.71. The van der Waals surface area contributed by atoms with E-state index in [4.69, 9.17) is 4.43 Å². The third kappa shape index (κ3) is 6.25. The Morgan fingerprint density at radius 3 is 2.55 bits per heavy atom. The number of rotatable bonds is 5. The summed E-state index contributed by atoms with van der Waals surface area (Å²) in [7, 11) is -1.35. The van der Waals surface area contributed by atoms with E-state index in [2.05, 4.69) is 25.0 Å². The van der Waals surface area contributed by atoms with E-state index >= 15 is 0 Å². The lowest BCUT2D eigenvalue weighted by molar-refractivity contribution is 0.329. The lowest BCUT2D eigenvalue weighted by Gasteiger charge is -2.20. The van der Waals surface area contributed by atoms with E-state index in [1.807, 2.05) is 13.1 Å². The fraction of sp³-hybridized carbons (Fsp3) is 0.875.